The van der Waals surface area contributed by atoms with Gasteiger partial charge < -0.3 is 9.72 Å². The van der Waals surface area contributed by atoms with Crippen molar-refractivity contribution in [3.8, 4) is 5.75 Å². The highest BCUT2D eigenvalue weighted by molar-refractivity contribution is 14.1. The summed E-state index contributed by atoms with van der Waals surface area (Å²) in [5.41, 5.74) is 3.44. The van der Waals surface area contributed by atoms with Gasteiger partial charge in [-0.25, -0.2) is 9.67 Å². The highest BCUT2D eigenvalue weighted by atomic mass is 127. The SMILES string of the molecule is Cc1ccc(OCCSc2nc(Cn3nnc4ccccc43)c(I)c(=O)[nH]2)cc1. The van der Waals surface area contributed by atoms with E-state index in [2.05, 4.69) is 20.3 Å². The van der Waals surface area contributed by atoms with E-state index in [1.54, 1.807) is 4.68 Å². The molecular weight excluding hydrogens is 501 g/mol. The fourth-order valence-corrected chi connectivity index (χ4v) is 3.89. The number of rotatable bonds is 7. The molecule has 0 atom stereocenters. The quantitative estimate of drug-likeness (QED) is 0.174. The first-order chi connectivity index (χ1) is 14.1. The molecule has 29 heavy (non-hydrogen) atoms. The van der Waals surface area contributed by atoms with Gasteiger partial charge in [-0.05, 0) is 53.8 Å². The van der Waals surface area contributed by atoms with Crippen molar-refractivity contribution >= 4 is 45.4 Å². The van der Waals surface area contributed by atoms with Crippen LogP contribution >= 0.6 is 34.4 Å². The molecule has 0 saturated heterocycles. The van der Waals surface area contributed by atoms with Gasteiger partial charge in [0.2, 0.25) is 0 Å². The van der Waals surface area contributed by atoms with E-state index < -0.39 is 0 Å². The average molecular weight is 519 g/mol. The van der Waals surface area contributed by atoms with Crippen molar-refractivity contribution in [1.82, 2.24) is 25.0 Å². The Bertz CT molecular complexity index is 1190. The molecule has 0 spiro atoms. The Labute approximate surface area is 185 Å². The molecule has 0 amide bonds. The number of nitrogens with one attached hydrogen (secondary N) is 1. The second kappa shape index (κ2) is 8.95. The van der Waals surface area contributed by atoms with Crippen LogP contribution in [0.1, 0.15) is 11.3 Å². The van der Waals surface area contributed by atoms with Gasteiger partial charge in [0.15, 0.2) is 5.16 Å². The van der Waals surface area contributed by atoms with Crippen LogP contribution in [-0.4, -0.2) is 37.3 Å². The number of ether oxygens (including phenoxy) is 1. The van der Waals surface area contributed by atoms with Gasteiger partial charge in [-0.15, -0.1) is 5.10 Å². The first-order valence-electron chi connectivity index (χ1n) is 8.99. The Morgan fingerprint density at radius 1 is 1.17 bits per heavy atom. The summed E-state index contributed by atoms with van der Waals surface area (Å²) in [5, 5.41) is 8.92. The Balaban J connectivity index is 1.44. The molecule has 4 rings (SSSR count). The van der Waals surface area contributed by atoms with Crippen LogP contribution in [0, 0.1) is 10.5 Å². The highest BCUT2D eigenvalue weighted by Gasteiger charge is 2.12. The number of aromatic nitrogens is 5. The minimum Gasteiger partial charge on any atom is -0.493 e. The Hall–Kier alpha value is -2.40. The van der Waals surface area contributed by atoms with Crippen LogP contribution in [0.4, 0.5) is 0 Å². The lowest BCUT2D eigenvalue weighted by atomic mass is 10.2. The number of aromatic amines is 1. The predicted octanol–water partition coefficient (Wildman–Crippen LogP) is 3.65. The number of aryl methyl sites for hydroxylation is 1. The third-order valence-electron chi connectivity index (χ3n) is 4.24. The predicted molar refractivity (Wildman–Crippen MR) is 122 cm³/mol. The van der Waals surface area contributed by atoms with Crippen LogP contribution in [0.5, 0.6) is 5.75 Å². The number of thioether (sulfide) groups is 1. The number of H-pyrrole nitrogens is 1. The van der Waals surface area contributed by atoms with Crippen molar-refractivity contribution in [3.63, 3.8) is 0 Å². The number of hydrogen-bond acceptors (Lipinski definition) is 6. The average Bonchev–Trinajstić information content (AvgIpc) is 3.13. The van der Waals surface area contributed by atoms with E-state index >= 15 is 0 Å². The maximum absolute atomic E-state index is 12.3. The number of fused-ring (bicyclic) bond motifs is 1. The molecule has 0 aliphatic rings. The second-order valence-electron chi connectivity index (χ2n) is 6.38. The van der Waals surface area contributed by atoms with Crippen molar-refractivity contribution in [2.45, 2.75) is 18.6 Å². The van der Waals surface area contributed by atoms with E-state index in [0.717, 1.165) is 16.8 Å². The zero-order valence-corrected chi connectivity index (χ0v) is 18.6. The normalized spacial score (nSPS) is 11.1. The van der Waals surface area contributed by atoms with Crippen LogP contribution in [-0.2, 0) is 6.54 Å². The lowest BCUT2D eigenvalue weighted by Gasteiger charge is -2.08. The smallest absolute Gasteiger partial charge is 0.265 e. The van der Waals surface area contributed by atoms with E-state index in [1.165, 1.54) is 17.3 Å². The molecule has 0 bridgehead atoms. The number of nitrogens with zero attached hydrogens (tertiary/aromatic N) is 4. The largest absolute Gasteiger partial charge is 0.493 e. The second-order valence-corrected chi connectivity index (χ2v) is 8.54. The summed E-state index contributed by atoms with van der Waals surface area (Å²) in [6.07, 6.45) is 0. The van der Waals surface area contributed by atoms with Crippen LogP contribution in [0.15, 0.2) is 58.5 Å². The maximum atomic E-state index is 12.3. The highest BCUT2D eigenvalue weighted by Crippen LogP contribution is 2.18. The fourth-order valence-electron chi connectivity index (χ4n) is 2.76. The lowest BCUT2D eigenvalue weighted by Crippen LogP contribution is -2.18. The monoisotopic (exact) mass is 519 g/mol. The van der Waals surface area contributed by atoms with Crippen LogP contribution in [0.3, 0.4) is 0 Å². The van der Waals surface area contributed by atoms with Gasteiger partial charge in [-0.3, -0.25) is 4.79 Å². The Morgan fingerprint density at radius 3 is 2.79 bits per heavy atom. The topological polar surface area (TPSA) is 85.7 Å². The summed E-state index contributed by atoms with van der Waals surface area (Å²) < 4.78 is 8.05. The molecule has 1 N–H and O–H groups in total. The van der Waals surface area contributed by atoms with E-state index in [9.17, 15) is 4.79 Å². The van der Waals surface area contributed by atoms with Gasteiger partial charge in [0.05, 0.1) is 24.4 Å². The van der Waals surface area contributed by atoms with E-state index in [0.29, 0.717) is 33.3 Å². The molecule has 0 unspecified atom stereocenters. The Kier molecular flexibility index (Phi) is 6.14. The first-order valence-corrected chi connectivity index (χ1v) is 11.1. The number of benzene rings is 2. The summed E-state index contributed by atoms with van der Waals surface area (Å²) in [7, 11) is 0. The summed E-state index contributed by atoms with van der Waals surface area (Å²) in [4.78, 5) is 19.8. The molecule has 0 aliphatic heterocycles. The van der Waals surface area contributed by atoms with Crippen molar-refractivity contribution in [3.05, 3.63) is 73.7 Å². The third-order valence-corrected chi connectivity index (χ3v) is 6.19. The molecule has 2 heterocycles. The van der Waals surface area contributed by atoms with Gasteiger partial charge in [-0.2, -0.15) is 0 Å². The zero-order chi connectivity index (χ0) is 20.2. The molecule has 0 radical (unpaired) electrons. The molecule has 2 aromatic heterocycles. The van der Waals surface area contributed by atoms with E-state index in [-0.39, 0.29) is 5.56 Å². The van der Waals surface area contributed by atoms with E-state index in [4.69, 9.17) is 4.74 Å². The van der Waals surface area contributed by atoms with Crippen LogP contribution in [0.2, 0.25) is 0 Å². The minimum absolute atomic E-state index is 0.151. The standard InChI is InChI=1S/C20H18IN5O2S/c1-13-6-8-14(9-7-13)28-10-11-29-20-22-16(18(21)19(27)23-20)12-26-17-5-3-2-4-15(17)24-25-26/h2-9H,10-12H2,1H3,(H,22,23,27). The molecule has 0 saturated carbocycles. The van der Waals surface area contributed by atoms with Crippen molar-refractivity contribution in [2.24, 2.45) is 0 Å². The van der Waals surface area contributed by atoms with Gasteiger partial charge in [-0.1, -0.05) is 46.8 Å². The fraction of sp³-hybridized carbons (Fsp3) is 0.200. The molecule has 148 valence electrons. The number of hydrogen-bond donors (Lipinski definition) is 1. The molecule has 2 aromatic carbocycles. The summed E-state index contributed by atoms with van der Waals surface area (Å²) in [6, 6.07) is 15.6. The zero-order valence-electron chi connectivity index (χ0n) is 15.6. The molecule has 9 heteroatoms. The van der Waals surface area contributed by atoms with Gasteiger partial charge >= 0.3 is 0 Å². The molecule has 0 aliphatic carbocycles. The summed E-state index contributed by atoms with van der Waals surface area (Å²) in [6.45, 7) is 2.95. The van der Waals surface area contributed by atoms with E-state index in [1.807, 2.05) is 78.0 Å². The maximum Gasteiger partial charge on any atom is 0.265 e. The van der Waals surface area contributed by atoms with Crippen molar-refractivity contribution < 1.29 is 4.74 Å². The summed E-state index contributed by atoms with van der Waals surface area (Å²) >= 11 is 3.48. The number of halogens is 1. The van der Waals surface area contributed by atoms with Gasteiger partial charge in [0.1, 0.15) is 14.8 Å². The molecular formula is C20H18IN5O2S. The van der Waals surface area contributed by atoms with Crippen molar-refractivity contribution in [1.29, 1.82) is 0 Å². The lowest BCUT2D eigenvalue weighted by molar-refractivity contribution is 0.344. The first kappa shape index (κ1) is 19.9. The molecule has 0 fully saturated rings. The van der Waals surface area contributed by atoms with Gasteiger partial charge in [0.25, 0.3) is 5.56 Å². The molecule has 4 aromatic rings. The Morgan fingerprint density at radius 2 is 1.97 bits per heavy atom. The minimum atomic E-state index is -0.151. The third kappa shape index (κ3) is 4.78. The molecule has 7 nitrogen and oxygen atoms in total. The summed E-state index contributed by atoms with van der Waals surface area (Å²) in [5.74, 6) is 1.50. The van der Waals surface area contributed by atoms with Crippen molar-refractivity contribution in [2.75, 3.05) is 12.4 Å². The van der Waals surface area contributed by atoms with Crippen LogP contribution < -0.4 is 10.3 Å². The number of para-hydroxylation sites is 1. The van der Waals surface area contributed by atoms with Crippen LogP contribution in [0.25, 0.3) is 11.0 Å². The van der Waals surface area contributed by atoms with Gasteiger partial charge in [0, 0.05) is 5.75 Å².